The van der Waals surface area contributed by atoms with E-state index in [9.17, 15) is 14.0 Å². The van der Waals surface area contributed by atoms with E-state index in [2.05, 4.69) is 10.1 Å². The van der Waals surface area contributed by atoms with E-state index in [-0.39, 0.29) is 17.9 Å². The SMILES string of the molecule is COC(=O)CCCCc1nc2cc(C3=NOC(C)(c4nc5ccccc5o4)C3)ccc2c(=O)n1-c1ccc(F)cc1. The number of para-hydroxylation sites is 2. The number of aryl methyl sites for hydroxylation is 1. The van der Waals surface area contributed by atoms with Gasteiger partial charge in [-0.15, -0.1) is 0 Å². The molecule has 0 aliphatic carbocycles. The molecule has 5 aromatic rings. The van der Waals surface area contributed by atoms with Gasteiger partial charge in [0.2, 0.25) is 11.5 Å². The third kappa shape index (κ3) is 5.08. The van der Waals surface area contributed by atoms with Gasteiger partial charge in [-0.3, -0.25) is 14.2 Å². The van der Waals surface area contributed by atoms with E-state index in [1.807, 2.05) is 43.3 Å². The van der Waals surface area contributed by atoms with Crippen LogP contribution in [0.3, 0.4) is 0 Å². The van der Waals surface area contributed by atoms with Crippen LogP contribution in [0.5, 0.6) is 0 Å². The molecule has 1 atom stereocenters. The van der Waals surface area contributed by atoms with Gasteiger partial charge in [-0.25, -0.2) is 14.4 Å². The van der Waals surface area contributed by atoms with Crippen LogP contribution in [0.15, 0.2) is 81.1 Å². The number of fused-ring (bicyclic) bond motifs is 2. The number of ether oxygens (including phenoxy) is 1. The maximum absolute atomic E-state index is 13.7. The number of methoxy groups -OCH3 is 1. The van der Waals surface area contributed by atoms with E-state index in [0.29, 0.717) is 65.3 Å². The number of hydrogen-bond acceptors (Lipinski definition) is 8. The first-order chi connectivity index (χ1) is 19.8. The highest BCUT2D eigenvalue weighted by Gasteiger charge is 2.41. The van der Waals surface area contributed by atoms with Crippen LogP contribution < -0.4 is 5.56 Å². The number of oxime groups is 1. The van der Waals surface area contributed by atoms with Crippen molar-refractivity contribution in [1.29, 1.82) is 0 Å². The van der Waals surface area contributed by atoms with Crippen molar-refractivity contribution in [2.75, 3.05) is 7.11 Å². The van der Waals surface area contributed by atoms with Gasteiger partial charge in [0.1, 0.15) is 17.2 Å². The molecule has 1 aliphatic heterocycles. The summed E-state index contributed by atoms with van der Waals surface area (Å²) in [5.41, 5.74) is 2.73. The largest absolute Gasteiger partial charge is 0.469 e. The molecule has 0 radical (unpaired) electrons. The van der Waals surface area contributed by atoms with Crippen LogP contribution >= 0.6 is 0 Å². The fraction of sp³-hybridized carbons (Fsp3) is 0.258. The molecular formula is C31H27FN4O5. The Kier molecular flexibility index (Phi) is 6.82. The highest BCUT2D eigenvalue weighted by atomic mass is 19.1. The van der Waals surface area contributed by atoms with Gasteiger partial charge in [0.15, 0.2) is 5.58 Å². The number of rotatable bonds is 8. The lowest BCUT2D eigenvalue weighted by Gasteiger charge is -2.16. The molecule has 0 saturated carbocycles. The van der Waals surface area contributed by atoms with E-state index in [1.165, 1.54) is 23.8 Å². The van der Waals surface area contributed by atoms with E-state index in [0.717, 1.165) is 11.1 Å². The molecule has 9 nitrogen and oxygen atoms in total. The number of aromatic nitrogens is 3. The molecule has 0 bridgehead atoms. The molecule has 41 heavy (non-hydrogen) atoms. The van der Waals surface area contributed by atoms with E-state index in [4.69, 9.17) is 19.0 Å². The van der Waals surface area contributed by atoms with Gasteiger partial charge in [-0.05, 0) is 68.3 Å². The molecule has 1 unspecified atom stereocenters. The fourth-order valence-corrected chi connectivity index (χ4v) is 5.00. The summed E-state index contributed by atoms with van der Waals surface area (Å²) in [6.45, 7) is 1.88. The number of nitrogens with zero attached hydrogens (tertiary/aromatic N) is 4. The maximum atomic E-state index is 13.7. The van der Waals surface area contributed by atoms with Crippen LogP contribution in [0.2, 0.25) is 0 Å². The van der Waals surface area contributed by atoms with Gasteiger partial charge in [-0.1, -0.05) is 23.4 Å². The number of halogens is 1. The highest BCUT2D eigenvalue weighted by molar-refractivity contribution is 6.03. The van der Waals surface area contributed by atoms with Crippen molar-refractivity contribution in [3.8, 4) is 5.69 Å². The number of oxazole rings is 1. The van der Waals surface area contributed by atoms with Crippen molar-refractivity contribution in [3.63, 3.8) is 0 Å². The average Bonchev–Trinajstić information content (AvgIpc) is 3.61. The summed E-state index contributed by atoms with van der Waals surface area (Å²) in [5.74, 6) is 0.260. The van der Waals surface area contributed by atoms with Crippen LogP contribution in [-0.4, -0.2) is 33.3 Å². The first-order valence-corrected chi connectivity index (χ1v) is 13.3. The average molecular weight is 555 g/mol. The summed E-state index contributed by atoms with van der Waals surface area (Å²) in [6, 6.07) is 18.6. The lowest BCUT2D eigenvalue weighted by atomic mass is 9.95. The number of benzene rings is 3. The van der Waals surface area contributed by atoms with Crippen molar-refractivity contribution in [1.82, 2.24) is 14.5 Å². The first-order valence-electron chi connectivity index (χ1n) is 13.3. The number of unbranched alkanes of at least 4 members (excludes halogenated alkanes) is 1. The van der Waals surface area contributed by atoms with Crippen LogP contribution in [0.1, 0.15) is 49.9 Å². The van der Waals surface area contributed by atoms with Crippen LogP contribution in [0.25, 0.3) is 27.7 Å². The Morgan fingerprint density at radius 3 is 2.63 bits per heavy atom. The smallest absolute Gasteiger partial charge is 0.305 e. The van der Waals surface area contributed by atoms with Crippen LogP contribution in [-0.2, 0) is 26.4 Å². The van der Waals surface area contributed by atoms with Crippen molar-refractivity contribution >= 4 is 33.7 Å². The highest BCUT2D eigenvalue weighted by Crippen LogP contribution is 2.37. The van der Waals surface area contributed by atoms with Gasteiger partial charge in [0, 0.05) is 24.8 Å². The second-order valence-electron chi connectivity index (χ2n) is 10.2. The second-order valence-corrected chi connectivity index (χ2v) is 10.2. The second kappa shape index (κ2) is 10.6. The molecule has 6 rings (SSSR count). The quantitative estimate of drug-likeness (QED) is 0.182. The molecule has 1 aliphatic rings. The molecule has 3 aromatic carbocycles. The molecule has 0 fully saturated rings. The molecule has 0 saturated heterocycles. The van der Waals surface area contributed by atoms with Gasteiger partial charge in [0.25, 0.3) is 5.56 Å². The lowest BCUT2D eigenvalue weighted by molar-refractivity contribution is -0.140. The lowest BCUT2D eigenvalue weighted by Crippen LogP contribution is -2.24. The topological polar surface area (TPSA) is 109 Å². The van der Waals surface area contributed by atoms with Gasteiger partial charge in [-0.2, -0.15) is 0 Å². The van der Waals surface area contributed by atoms with E-state index < -0.39 is 11.4 Å². The Bertz CT molecular complexity index is 1830. The minimum Gasteiger partial charge on any atom is -0.469 e. The molecule has 2 aromatic heterocycles. The van der Waals surface area contributed by atoms with E-state index in [1.54, 1.807) is 18.2 Å². The van der Waals surface area contributed by atoms with E-state index >= 15 is 0 Å². The minimum absolute atomic E-state index is 0.267. The zero-order valence-electron chi connectivity index (χ0n) is 22.6. The minimum atomic E-state index is -0.881. The van der Waals surface area contributed by atoms with Gasteiger partial charge < -0.3 is 14.0 Å². The number of carbonyl (C=O) groups excluding carboxylic acids is 1. The Balaban J connectivity index is 1.33. The van der Waals surface area contributed by atoms with Crippen molar-refractivity contribution in [3.05, 3.63) is 100 Å². The molecule has 0 N–H and O–H groups in total. The normalized spacial score (nSPS) is 16.6. The molecule has 3 heterocycles. The van der Waals surface area contributed by atoms with Crippen molar-refractivity contribution < 1.29 is 23.2 Å². The molecule has 0 amide bonds. The van der Waals surface area contributed by atoms with Crippen molar-refractivity contribution in [2.45, 2.75) is 44.6 Å². The standard InChI is InChI=1S/C31H27FN4O5/c1-31(30-34-23-7-3-4-8-26(23)40-30)18-25(35-41-31)19-11-16-22-24(17-19)33-27(9-5-6-10-28(37)39-2)36(29(22)38)21-14-12-20(32)13-15-21/h3-4,7-8,11-17H,5-6,9-10,18H2,1-2H3. The Morgan fingerprint density at radius 1 is 1.05 bits per heavy atom. The molecule has 0 spiro atoms. The van der Waals surface area contributed by atoms with Crippen LogP contribution in [0, 0.1) is 5.82 Å². The zero-order valence-corrected chi connectivity index (χ0v) is 22.6. The summed E-state index contributed by atoms with van der Waals surface area (Å²) in [6.07, 6.45) is 2.31. The third-order valence-electron chi connectivity index (χ3n) is 7.22. The maximum Gasteiger partial charge on any atom is 0.305 e. The predicted molar refractivity (Wildman–Crippen MR) is 150 cm³/mol. The Hall–Kier alpha value is -4.86. The summed E-state index contributed by atoms with van der Waals surface area (Å²) >= 11 is 0. The Labute approximate surface area is 234 Å². The summed E-state index contributed by atoms with van der Waals surface area (Å²) in [7, 11) is 1.35. The third-order valence-corrected chi connectivity index (χ3v) is 7.22. The predicted octanol–water partition coefficient (Wildman–Crippen LogP) is 5.59. The number of carbonyl (C=O) groups is 1. The fourth-order valence-electron chi connectivity index (χ4n) is 5.00. The Morgan fingerprint density at radius 2 is 1.85 bits per heavy atom. The summed E-state index contributed by atoms with van der Waals surface area (Å²) in [4.78, 5) is 40.5. The number of esters is 1. The molecule has 10 heteroatoms. The van der Waals surface area contributed by atoms with Gasteiger partial charge >= 0.3 is 5.97 Å². The molecule has 208 valence electrons. The zero-order chi connectivity index (χ0) is 28.6. The van der Waals surface area contributed by atoms with Crippen molar-refractivity contribution in [2.24, 2.45) is 5.16 Å². The first kappa shape index (κ1) is 26.4. The molecular weight excluding hydrogens is 527 g/mol. The van der Waals surface area contributed by atoms with Crippen LogP contribution in [0.4, 0.5) is 4.39 Å². The summed E-state index contributed by atoms with van der Waals surface area (Å²) < 4.78 is 25.8. The summed E-state index contributed by atoms with van der Waals surface area (Å²) in [5, 5.41) is 4.76. The number of hydrogen-bond donors (Lipinski definition) is 0. The van der Waals surface area contributed by atoms with Gasteiger partial charge in [0.05, 0.1) is 29.4 Å². The monoisotopic (exact) mass is 554 g/mol.